The van der Waals surface area contributed by atoms with E-state index in [-0.39, 0.29) is 30.2 Å². The summed E-state index contributed by atoms with van der Waals surface area (Å²) in [5, 5.41) is 3.09. The molecule has 1 heterocycles. The average molecular weight is 364 g/mol. The van der Waals surface area contributed by atoms with E-state index < -0.39 is 0 Å². The fourth-order valence-corrected chi connectivity index (χ4v) is 3.70. The van der Waals surface area contributed by atoms with E-state index in [0.29, 0.717) is 6.54 Å². The number of nitrogens with zero attached hydrogens (tertiary/aromatic N) is 1. The fourth-order valence-electron chi connectivity index (χ4n) is 3.70. The molecule has 2 aromatic carbocycles. The van der Waals surface area contributed by atoms with Gasteiger partial charge in [0, 0.05) is 24.7 Å². The summed E-state index contributed by atoms with van der Waals surface area (Å²) in [5.74, 6) is -0.273. The zero-order valence-electron chi connectivity index (χ0n) is 16.4. The van der Waals surface area contributed by atoms with Gasteiger partial charge in [-0.2, -0.15) is 0 Å². The molecule has 4 nitrogen and oxygen atoms in total. The maximum Gasteiger partial charge on any atom is 0.227 e. The van der Waals surface area contributed by atoms with Crippen LogP contribution in [-0.2, 0) is 16.0 Å². The molecule has 1 aliphatic rings. The Morgan fingerprint density at radius 2 is 1.81 bits per heavy atom. The van der Waals surface area contributed by atoms with Gasteiger partial charge in [-0.25, -0.2) is 0 Å². The SMILES string of the molecule is Cc1cc(C)cc(N2CC(C(=O)NC(C)CCc3ccccc3)CC2=O)c1. The number of hydrogen-bond acceptors (Lipinski definition) is 2. The van der Waals surface area contributed by atoms with Crippen LogP contribution in [0.25, 0.3) is 0 Å². The zero-order valence-corrected chi connectivity index (χ0v) is 16.4. The summed E-state index contributed by atoms with van der Waals surface area (Å²) in [6, 6.07) is 16.5. The van der Waals surface area contributed by atoms with Gasteiger partial charge < -0.3 is 10.2 Å². The Bertz CT molecular complexity index is 796. The maximum atomic E-state index is 12.6. The molecule has 0 radical (unpaired) electrons. The number of nitrogens with one attached hydrogen (secondary N) is 1. The lowest BCUT2D eigenvalue weighted by Gasteiger charge is -2.19. The number of hydrogen-bond donors (Lipinski definition) is 1. The molecule has 1 aliphatic heterocycles. The summed E-state index contributed by atoms with van der Waals surface area (Å²) < 4.78 is 0. The molecule has 2 atom stereocenters. The van der Waals surface area contributed by atoms with Crippen LogP contribution in [0, 0.1) is 19.8 Å². The van der Waals surface area contributed by atoms with Crippen molar-refractivity contribution in [1.82, 2.24) is 5.32 Å². The van der Waals surface area contributed by atoms with Gasteiger partial charge in [0.1, 0.15) is 0 Å². The van der Waals surface area contributed by atoms with E-state index in [4.69, 9.17) is 0 Å². The van der Waals surface area contributed by atoms with Gasteiger partial charge in [0.25, 0.3) is 0 Å². The Labute approximate surface area is 161 Å². The van der Waals surface area contributed by atoms with Crippen molar-refractivity contribution in [3.8, 4) is 0 Å². The molecule has 142 valence electrons. The zero-order chi connectivity index (χ0) is 19.4. The largest absolute Gasteiger partial charge is 0.353 e. The molecule has 1 N–H and O–H groups in total. The normalized spacial score (nSPS) is 17.8. The molecule has 1 saturated heterocycles. The number of carbonyl (C=O) groups excluding carboxylic acids is 2. The van der Waals surface area contributed by atoms with Crippen LogP contribution in [-0.4, -0.2) is 24.4 Å². The molecule has 0 saturated carbocycles. The van der Waals surface area contributed by atoms with Gasteiger partial charge in [0.05, 0.1) is 5.92 Å². The smallest absolute Gasteiger partial charge is 0.227 e. The van der Waals surface area contributed by atoms with Gasteiger partial charge in [0.2, 0.25) is 11.8 Å². The molecule has 2 unspecified atom stereocenters. The minimum Gasteiger partial charge on any atom is -0.353 e. The molecule has 0 spiro atoms. The first-order valence-electron chi connectivity index (χ1n) is 9.65. The summed E-state index contributed by atoms with van der Waals surface area (Å²) in [5.41, 5.74) is 4.42. The maximum absolute atomic E-state index is 12.6. The highest BCUT2D eigenvalue weighted by atomic mass is 16.2. The quantitative estimate of drug-likeness (QED) is 0.848. The molecular formula is C23H28N2O2. The van der Waals surface area contributed by atoms with Crippen LogP contribution in [0.3, 0.4) is 0 Å². The van der Waals surface area contributed by atoms with Gasteiger partial charge in [-0.1, -0.05) is 36.4 Å². The highest BCUT2D eigenvalue weighted by molar-refractivity contribution is 6.00. The van der Waals surface area contributed by atoms with Gasteiger partial charge >= 0.3 is 0 Å². The number of benzene rings is 2. The molecule has 0 aliphatic carbocycles. The lowest BCUT2D eigenvalue weighted by Crippen LogP contribution is -2.38. The molecule has 1 fully saturated rings. The summed E-state index contributed by atoms with van der Waals surface area (Å²) in [4.78, 5) is 26.8. The Balaban J connectivity index is 1.55. The first-order valence-corrected chi connectivity index (χ1v) is 9.65. The molecule has 0 bridgehead atoms. The highest BCUT2D eigenvalue weighted by Crippen LogP contribution is 2.27. The third-order valence-corrected chi connectivity index (χ3v) is 5.11. The number of aryl methyl sites for hydroxylation is 3. The lowest BCUT2D eigenvalue weighted by atomic mass is 10.0. The standard InChI is InChI=1S/C23H28N2O2/c1-16-11-17(2)13-21(12-16)25-15-20(14-22(25)26)23(27)24-18(3)9-10-19-7-5-4-6-8-19/h4-8,11-13,18,20H,9-10,14-15H2,1-3H3,(H,24,27). The molecule has 4 heteroatoms. The number of rotatable bonds is 6. The highest BCUT2D eigenvalue weighted by Gasteiger charge is 2.35. The fraction of sp³-hybridized carbons (Fsp3) is 0.391. The number of amides is 2. The van der Waals surface area contributed by atoms with Crippen molar-refractivity contribution < 1.29 is 9.59 Å². The minimum absolute atomic E-state index is 0.0178. The first kappa shape index (κ1) is 19.2. The third-order valence-electron chi connectivity index (χ3n) is 5.11. The van der Waals surface area contributed by atoms with Gasteiger partial charge in [-0.05, 0) is 62.4 Å². The van der Waals surface area contributed by atoms with Crippen LogP contribution in [0.5, 0.6) is 0 Å². The monoisotopic (exact) mass is 364 g/mol. The van der Waals surface area contributed by atoms with Crippen LogP contribution in [0.1, 0.15) is 36.5 Å². The van der Waals surface area contributed by atoms with Crippen LogP contribution < -0.4 is 10.2 Å². The number of anilines is 1. The van der Waals surface area contributed by atoms with E-state index >= 15 is 0 Å². The lowest BCUT2D eigenvalue weighted by molar-refractivity contribution is -0.126. The first-order chi connectivity index (χ1) is 12.9. The van der Waals surface area contributed by atoms with Crippen molar-refractivity contribution in [3.63, 3.8) is 0 Å². The van der Waals surface area contributed by atoms with E-state index in [0.717, 1.165) is 29.7 Å². The van der Waals surface area contributed by atoms with E-state index in [1.54, 1.807) is 4.90 Å². The minimum atomic E-state index is -0.280. The Hall–Kier alpha value is -2.62. The molecular weight excluding hydrogens is 336 g/mol. The Morgan fingerprint density at radius 3 is 2.48 bits per heavy atom. The second-order valence-electron chi connectivity index (χ2n) is 7.69. The van der Waals surface area contributed by atoms with Gasteiger partial charge in [-0.15, -0.1) is 0 Å². The molecule has 2 aromatic rings. The topological polar surface area (TPSA) is 49.4 Å². The van der Waals surface area contributed by atoms with Crippen LogP contribution in [0.15, 0.2) is 48.5 Å². The van der Waals surface area contributed by atoms with Crippen molar-refractivity contribution in [2.75, 3.05) is 11.4 Å². The predicted molar refractivity (Wildman–Crippen MR) is 109 cm³/mol. The van der Waals surface area contributed by atoms with Gasteiger partial charge in [-0.3, -0.25) is 9.59 Å². The molecule has 27 heavy (non-hydrogen) atoms. The summed E-state index contributed by atoms with van der Waals surface area (Å²) >= 11 is 0. The van der Waals surface area contributed by atoms with Crippen molar-refractivity contribution >= 4 is 17.5 Å². The second kappa shape index (κ2) is 8.38. The third kappa shape index (κ3) is 4.97. The van der Waals surface area contributed by atoms with E-state index in [9.17, 15) is 9.59 Å². The van der Waals surface area contributed by atoms with Crippen molar-refractivity contribution in [2.45, 2.75) is 46.1 Å². The summed E-state index contributed by atoms with van der Waals surface area (Å²) in [6.45, 7) is 6.53. The van der Waals surface area contributed by atoms with Crippen LogP contribution in [0.2, 0.25) is 0 Å². The molecule has 3 rings (SSSR count). The summed E-state index contributed by atoms with van der Waals surface area (Å²) in [6.07, 6.45) is 2.10. The van der Waals surface area contributed by atoms with Crippen molar-refractivity contribution in [3.05, 3.63) is 65.2 Å². The van der Waals surface area contributed by atoms with Crippen molar-refractivity contribution in [2.24, 2.45) is 5.92 Å². The average Bonchev–Trinajstić information content (AvgIpc) is 3.02. The second-order valence-corrected chi connectivity index (χ2v) is 7.69. The van der Waals surface area contributed by atoms with Crippen molar-refractivity contribution in [1.29, 1.82) is 0 Å². The molecule has 0 aromatic heterocycles. The Morgan fingerprint density at radius 1 is 1.15 bits per heavy atom. The molecule has 2 amide bonds. The van der Waals surface area contributed by atoms with E-state index in [2.05, 4.69) is 23.5 Å². The van der Waals surface area contributed by atoms with Crippen LogP contribution in [0.4, 0.5) is 5.69 Å². The van der Waals surface area contributed by atoms with Gasteiger partial charge in [0.15, 0.2) is 0 Å². The number of carbonyl (C=O) groups is 2. The van der Waals surface area contributed by atoms with E-state index in [1.165, 1.54) is 5.56 Å². The predicted octanol–water partition coefficient (Wildman–Crippen LogP) is 3.79. The Kier molecular flexibility index (Phi) is 5.94. The summed E-state index contributed by atoms with van der Waals surface area (Å²) in [7, 11) is 0. The van der Waals surface area contributed by atoms with E-state index in [1.807, 2.05) is 51.1 Å². The van der Waals surface area contributed by atoms with Crippen LogP contribution >= 0.6 is 0 Å².